The van der Waals surface area contributed by atoms with Crippen LogP contribution in [0.25, 0.3) is 11.0 Å². The molecule has 178 valence electrons. The average Bonchev–Trinajstić information content (AvgIpc) is 2.70. The summed E-state index contributed by atoms with van der Waals surface area (Å²) in [6, 6.07) is 8.91. The van der Waals surface area contributed by atoms with Crippen LogP contribution in [-0.2, 0) is 0 Å². The fourth-order valence-corrected chi connectivity index (χ4v) is 3.39. The fraction of sp³-hybridized carbons (Fsp3) is 0.304. The van der Waals surface area contributed by atoms with Gasteiger partial charge in [-0.15, -0.1) is 13.2 Å². The lowest BCUT2D eigenvalue weighted by molar-refractivity contribution is -0.274. The molecule has 2 aromatic carbocycles. The molecule has 1 atom stereocenters. The van der Waals surface area contributed by atoms with Crippen LogP contribution in [0.1, 0.15) is 44.9 Å². The molecule has 3 rings (SSSR count). The first-order valence-corrected chi connectivity index (χ1v) is 10.2. The van der Waals surface area contributed by atoms with Crippen molar-refractivity contribution in [2.75, 3.05) is 5.32 Å². The van der Waals surface area contributed by atoms with Gasteiger partial charge in [0.25, 0.3) is 5.56 Å². The van der Waals surface area contributed by atoms with Crippen molar-refractivity contribution in [2.24, 2.45) is 0 Å². The lowest BCUT2D eigenvalue weighted by atomic mass is 10.1. The first-order valence-electron chi connectivity index (χ1n) is 10.2. The Bertz CT molecular complexity index is 1340. The van der Waals surface area contributed by atoms with Gasteiger partial charge < -0.3 is 15.4 Å². The third kappa shape index (κ3) is 5.83. The molecule has 0 radical (unpaired) electrons. The number of benzene rings is 2. The SMILES string of the molecule is C[C@@H](c1cccc(OC(F)(F)F)c1)n1c(=O)cnc2cc(NC(=O)NC(C)(C)C)c(C#N)cc21. The highest BCUT2D eigenvalue weighted by Gasteiger charge is 2.31. The molecular formula is C23H22F3N5O3. The zero-order chi connectivity index (χ0) is 25.3. The number of aromatic nitrogens is 2. The van der Waals surface area contributed by atoms with Crippen LogP contribution in [0.2, 0.25) is 0 Å². The number of carbonyl (C=O) groups excluding carboxylic acids is 1. The Balaban J connectivity index is 2.06. The maximum absolute atomic E-state index is 12.7. The van der Waals surface area contributed by atoms with Crippen molar-refractivity contribution in [3.63, 3.8) is 0 Å². The van der Waals surface area contributed by atoms with Gasteiger partial charge in [0.1, 0.15) is 11.8 Å². The molecule has 11 heteroatoms. The molecule has 0 unspecified atom stereocenters. The zero-order valence-corrected chi connectivity index (χ0v) is 18.8. The van der Waals surface area contributed by atoms with Crippen molar-refractivity contribution in [3.8, 4) is 11.8 Å². The topological polar surface area (TPSA) is 109 Å². The van der Waals surface area contributed by atoms with Crippen molar-refractivity contribution < 1.29 is 22.7 Å². The number of nitrogens with one attached hydrogen (secondary N) is 2. The molecule has 8 nitrogen and oxygen atoms in total. The minimum atomic E-state index is -4.85. The summed E-state index contributed by atoms with van der Waals surface area (Å²) in [6.07, 6.45) is -3.79. The van der Waals surface area contributed by atoms with Gasteiger partial charge in [-0.3, -0.25) is 9.36 Å². The normalized spacial score (nSPS) is 12.6. The molecule has 2 N–H and O–H groups in total. The monoisotopic (exact) mass is 473 g/mol. The van der Waals surface area contributed by atoms with Gasteiger partial charge in [0.2, 0.25) is 0 Å². The summed E-state index contributed by atoms with van der Waals surface area (Å²) < 4.78 is 43.2. The first kappa shape index (κ1) is 24.6. The average molecular weight is 473 g/mol. The number of halogens is 3. The standard InChI is InChI=1S/C23H22F3N5O3/c1-13(14-6-5-7-16(8-14)34-23(24,25)26)31-19-9-15(11-27)17(10-18(19)28-12-20(31)32)29-21(33)30-22(2,3)4/h5-10,12-13H,1-4H3,(H2,29,30,33)/t13-/m0/s1. The Morgan fingerprint density at radius 1 is 1.21 bits per heavy atom. The quantitative estimate of drug-likeness (QED) is 0.571. The van der Waals surface area contributed by atoms with E-state index in [-0.39, 0.29) is 16.8 Å². The minimum Gasteiger partial charge on any atom is -0.406 e. The fourth-order valence-electron chi connectivity index (χ4n) is 3.39. The molecule has 2 amide bonds. The van der Waals surface area contributed by atoms with Crippen LogP contribution in [0.15, 0.2) is 47.4 Å². The summed E-state index contributed by atoms with van der Waals surface area (Å²) in [7, 11) is 0. The highest BCUT2D eigenvalue weighted by atomic mass is 19.4. The molecule has 0 aliphatic heterocycles. The van der Waals surface area contributed by atoms with E-state index >= 15 is 0 Å². The third-order valence-electron chi connectivity index (χ3n) is 4.74. The van der Waals surface area contributed by atoms with Gasteiger partial charge in [-0.05, 0) is 57.5 Å². The molecule has 0 aliphatic carbocycles. The Morgan fingerprint density at radius 3 is 2.53 bits per heavy atom. The number of nitriles is 1. The van der Waals surface area contributed by atoms with Crippen LogP contribution >= 0.6 is 0 Å². The number of hydrogen-bond acceptors (Lipinski definition) is 5. The van der Waals surface area contributed by atoms with E-state index in [9.17, 15) is 28.0 Å². The van der Waals surface area contributed by atoms with Crippen LogP contribution in [-0.4, -0.2) is 27.5 Å². The molecule has 1 heterocycles. The first-order chi connectivity index (χ1) is 15.8. The number of rotatable bonds is 4. The number of amides is 2. The van der Waals surface area contributed by atoms with E-state index in [4.69, 9.17) is 0 Å². The summed E-state index contributed by atoms with van der Waals surface area (Å²) in [5.74, 6) is -0.419. The molecule has 0 aliphatic rings. The summed E-state index contributed by atoms with van der Waals surface area (Å²) in [5, 5.41) is 15.0. The molecule has 0 fully saturated rings. The van der Waals surface area contributed by atoms with Gasteiger partial charge in [-0.2, -0.15) is 5.26 Å². The maximum Gasteiger partial charge on any atom is 0.573 e. The van der Waals surface area contributed by atoms with Crippen molar-refractivity contribution in [3.05, 3.63) is 64.1 Å². The number of nitrogens with zero attached hydrogens (tertiary/aromatic N) is 3. The van der Waals surface area contributed by atoms with E-state index < -0.39 is 35.3 Å². The second-order valence-electron chi connectivity index (χ2n) is 8.59. The predicted octanol–water partition coefficient (Wildman–Crippen LogP) is 4.70. The molecular weight excluding hydrogens is 451 g/mol. The summed E-state index contributed by atoms with van der Waals surface area (Å²) in [4.78, 5) is 29.1. The van der Waals surface area contributed by atoms with Gasteiger partial charge >= 0.3 is 12.4 Å². The van der Waals surface area contributed by atoms with Crippen molar-refractivity contribution in [1.29, 1.82) is 5.26 Å². The lowest BCUT2D eigenvalue weighted by Gasteiger charge is -2.22. The van der Waals surface area contributed by atoms with E-state index in [1.807, 2.05) is 6.07 Å². The van der Waals surface area contributed by atoms with E-state index in [0.717, 1.165) is 12.3 Å². The van der Waals surface area contributed by atoms with E-state index in [1.54, 1.807) is 33.8 Å². The van der Waals surface area contributed by atoms with Crippen LogP contribution in [0, 0.1) is 11.3 Å². The minimum absolute atomic E-state index is 0.0825. The second-order valence-corrected chi connectivity index (χ2v) is 8.59. The van der Waals surface area contributed by atoms with Crippen LogP contribution < -0.4 is 20.9 Å². The number of urea groups is 1. The number of anilines is 1. The van der Waals surface area contributed by atoms with Crippen molar-refractivity contribution in [1.82, 2.24) is 14.9 Å². The number of fused-ring (bicyclic) bond motifs is 1. The smallest absolute Gasteiger partial charge is 0.406 e. The Morgan fingerprint density at radius 2 is 1.91 bits per heavy atom. The second kappa shape index (κ2) is 9.05. The molecule has 34 heavy (non-hydrogen) atoms. The van der Waals surface area contributed by atoms with Gasteiger partial charge in [-0.1, -0.05) is 12.1 Å². The van der Waals surface area contributed by atoms with Crippen LogP contribution in [0.5, 0.6) is 5.75 Å². The van der Waals surface area contributed by atoms with Gasteiger partial charge in [-0.25, -0.2) is 9.78 Å². The van der Waals surface area contributed by atoms with Crippen molar-refractivity contribution >= 4 is 22.8 Å². The molecule has 0 saturated heterocycles. The lowest BCUT2D eigenvalue weighted by Crippen LogP contribution is -2.43. The van der Waals surface area contributed by atoms with Gasteiger partial charge in [0, 0.05) is 5.54 Å². The number of ether oxygens (including phenoxy) is 1. The highest BCUT2D eigenvalue weighted by Crippen LogP contribution is 2.29. The largest absolute Gasteiger partial charge is 0.573 e. The third-order valence-corrected chi connectivity index (χ3v) is 4.74. The highest BCUT2D eigenvalue weighted by molar-refractivity contribution is 5.94. The van der Waals surface area contributed by atoms with E-state index in [1.165, 1.54) is 28.8 Å². The van der Waals surface area contributed by atoms with Crippen LogP contribution in [0.4, 0.5) is 23.7 Å². The van der Waals surface area contributed by atoms with Crippen LogP contribution in [0.3, 0.4) is 0 Å². The maximum atomic E-state index is 12.7. The summed E-state index contributed by atoms with van der Waals surface area (Å²) in [5.41, 5.74) is 0.215. The number of carbonyl (C=O) groups is 1. The number of alkyl halides is 3. The Hall–Kier alpha value is -4.07. The molecule has 1 aromatic heterocycles. The molecule has 0 spiro atoms. The van der Waals surface area contributed by atoms with Gasteiger partial charge in [0.05, 0.1) is 34.5 Å². The zero-order valence-electron chi connectivity index (χ0n) is 18.8. The number of hydrogen-bond donors (Lipinski definition) is 2. The van der Waals surface area contributed by atoms with E-state index in [2.05, 4.69) is 20.4 Å². The Kier molecular flexibility index (Phi) is 6.54. The molecule has 0 saturated carbocycles. The van der Waals surface area contributed by atoms with Crippen molar-refractivity contribution in [2.45, 2.75) is 45.6 Å². The molecule has 3 aromatic rings. The Labute approximate surface area is 193 Å². The van der Waals surface area contributed by atoms with Gasteiger partial charge in [0.15, 0.2) is 0 Å². The molecule has 0 bridgehead atoms. The predicted molar refractivity (Wildman–Crippen MR) is 120 cm³/mol. The summed E-state index contributed by atoms with van der Waals surface area (Å²) >= 11 is 0. The van der Waals surface area contributed by atoms with E-state index in [0.29, 0.717) is 11.1 Å². The summed E-state index contributed by atoms with van der Waals surface area (Å²) in [6.45, 7) is 7.03.